The third-order valence-electron chi connectivity index (χ3n) is 4.22. The first-order valence-electron chi connectivity index (χ1n) is 9.04. The maximum Gasteiger partial charge on any atom is 0.253 e. The van der Waals surface area contributed by atoms with Crippen LogP contribution in [0.15, 0.2) is 48.5 Å². The van der Waals surface area contributed by atoms with Gasteiger partial charge in [-0.2, -0.15) is 0 Å². The summed E-state index contributed by atoms with van der Waals surface area (Å²) in [4.78, 5) is 25.0. The second-order valence-corrected chi connectivity index (χ2v) is 8.53. The van der Waals surface area contributed by atoms with E-state index in [1.807, 2.05) is 13.8 Å². The van der Waals surface area contributed by atoms with Crippen molar-refractivity contribution in [2.45, 2.75) is 26.3 Å². The Morgan fingerprint density at radius 1 is 1.14 bits per heavy atom. The van der Waals surface area contributed by atoms with Gasteiger partial charge in [0.05, 0.1) is 23.2 Å². The second kappa shape index (κ2) is 9.51. The number of benzene rings is 2. The quantitative estimate of drug-likeness (QED) is 0.685. The average Bonchev–Trinajstić information content (AvgIpc) is 2.65. The molecule has 2 N–H and O–H groups in total. The van der Waals surface area contributed by atoms with Gasteiger partial charge in [0, 0.05) is 6.04 Å². The summed E-state index contributed by atoms with van der Waals surface area (Å²) in [7, 11) is -3.84. The number of anilines is 2. The molecule has 0 aliphatic carbocycles. The lowest BCUT2D eigenvalue weighted by Crippen LogP contribution is -2.38. The molecule has 0 aliphatic rings. The normalized spacial score (nSPS) is 12.1. The van der Waals surface area contributed by atoms with Crippen molar-refractivity contribution in [3.63, 3.8) is 0 Å². The number of sulfonamides is 1. The van der Waals surface area contributed by atoms with Crippen LogP contribution < -0.4 is 14.9 Å². The van der Waals surface area contributed by atoms with E-state index in [4.69, 9.17) is 0 Å². The molecule has 0 radical (unpaired) electrons. The van der Waals surface area contributed by atoms with E-state index >= 15 is 0 Å². The standard InChI is InChI=1S/C20H24FN3O4S/c1-4-14(2)22-20(26)17-10-5-6-11-18(17)23-19(25)13-24(29(3,27)28)16-9-7-8-15(21)12-16/h5-12,14H,4,13H2,1-3H3,(H,22,26)(H,23,25)/t14-/m1/s1. The highest BCUT2D eigenvalue weighted by Gasteiger charge is 2.22. The monoisotopic (exact) mass is 421 g/mol. The van der Waals surface area contributed by atoms with E-state index in [2.05, 4.69) is 10.6 Å². The summed E-state index contributed by atoms with van der Waals surface area (Å²) in [6, 6.07) is 11.3. The number of nitrogens with zero attached hydrogens (tertiary/aromatic N) is 1. The number of para-hydroxylation sites is 1. The van der Waals surface area contributed by atoms with Crippen LogP contribution >= 0.6 is 0 Å². The molecule has 0 bridgehead atoms. The van der Waals surface area contributed by atoms with Gasteiger partial charge in [0.1, 0.15) is 12.4 Å². The van der Waals surface area contributed by atoms with Crippen LogP contribution in [0.1, 0.15) is 30.6 Å². The van der Waals surface area contributed by atoms with Gasteiger partial charge in [-0.05, 0) is 43.7 Å². The lowest BCUT2D eigenvalue weighted by molar-refractivity contribution is -0.114. The fourth-order valence-corrected chi connectivity index (χ4v) is 3.39. The Kier molecular flexibility index (Phi) is 7.33. The van der Waals surface area contributed by atoms with Crippen LogP contribution in [0.3, 0.4) is 0 Å². The van der Waals surface area contributed by atoms with Gasteiger partial charge in [0.25, 0.3) is 5.91 Å². The van der Waals surface area contributed by atoms with Gasteiger partial charge in [-0.15, -0.1) is 0 Å². The van der Waals surface area contributed by atoms with Crippen LogP contribution in [-0.2, 0) is 14.8 Å². The van der Waals surface area contributed by atoms with Crippen molar-refractivity contribution in [1.82, 2.24) is 5.32 Å². The van der Waals surface area contributed by atoms with Crippen molar-refractivity contribution in [3.8, 4) is 0 Å². The summed E-state index contributed by atoms with van der Waals surface area (Å²) in [5.41, 5.74) is 0.550. The van der Waals surface area contributed by atoms with Crippen LogP contribution in [0, 0.1) is 5.82 Å². The first-order valence-corrected chi connectivity index (χ1v) is 10.9. The van der Waals surface area contributed by atoms with Crippen LogP contribution in [0.25, 0.3) is 0 Å². The van der Waals surface area contributed by atoms with Gasteiger partial charge in [-0.1, -0.05) is 25.1 Å². The lowest BCUT2D eigenvalue weighted by atomic mass is 10.1. The zero-order valence-corrected chi connectivity index (χ0v) is 17.3. The predicted molar refractivity (Wildman–Crippen MR) is 111 cm³/mol. The molecular weight excluding hydrogens is 397 g/mol. The molecule has 0 saturated heterocycles. The number of carbonyl (C=O) groups is 2. The third kappa shape index (κ3) is 6.28. The first kappa shape index (κ1) is 22.4. The van der Waals surface area contributed by atoms with E-state index in [0.29, 0.717) is 0 Å². The minimum atomic E-state index is -3.84. The van der Waals surface area contributed by atoms with Crippen LogP contribution in [-0.4, -0.2) is 39.1 Å². The largest absolute Gasteiger partial charge is 0.350 e. The summed E-state index contributed by atoms with van der Waals surface area (Å²) in [6.07, 6.45) is 1.68. The SMILES string of the molecule is CC[C@@H](C)NC(=O)c1ccccc1NC(=O)CN(c1cccc(F)c1)S(C)(=O)=O. The van der Waals surface area contributed by atoms with Crippen LogP contribution in [0.4, 0.5) is 15.8 Å². The van der Waals surface area contributed by atoms with Crippen molar-refractivity contribution >= 4 is 33.2 Å². The average molecular weight is 421 g/mol. The first-order chi connectivity index (χ1) is 13.6. The maximum atomic E-state index is 13.5. The molecule has 0 saturated carbocycles. The van der Waals surface area contributed by atoms with Crippen LogP contribution in [0.2, 0.25) is 0 Å². The Hall–Kier alpha value is -2.94. The molecule has 29 heavy (non-hydrogen) atoms. The van der Waals surface area contributed by atoms with Crippen molar-refractivity contribution in [1.29, 1.82) is 0 Å². The molecule has 2 amide bonds. The zero-order valence-electron chi connectivity index (χ0n) is 16.5. The summed E-state index contributed by atoms with van der Waals surface area (Å²) in [6.45, 7) is 3.23. The molecule has 0 aromatic heterocycles. The topological polar surface area (TPSA) is 95.6 Å². The Balaban J connectivity index is 2.22. The molecule has 0 heterocycles. The van der Waals surface area contributed by atoms with Gasteiger partial charge in [-0.25, -0.2) is 12.8 Å². The predicted octanol–water partition coefficient (Wildman–Crippen LogP) is 2.76. The molecule has 0 aliphatic heterocycles. The molecule has 156 valence electrons. The maximum absolute atomic E-state index is 13.5. The summed E-state index contributed by atoms with van der Waals surface area (Å²) >= 11 is 0. The molecule has 0 spiro atoms. The highest BCUT2D eigenvalue weighted by Crippen LogP contribution is 2.20. The number of hydrogen-bond donors (Lipinski definition) is 2. The van der Waals surface area contributed by atoms with Gasteiger partial charge in [-0.3, -0.25) is 13.9 Å². The number of carbonyl (C=O) groups excluding carboxylic acids is 2. The number of nitrogens with one attached hydrogen (secondary N) is 2. The highest BCUT2D eigenvalue weighted by atomic mass is 32.2. The van der Waals surface area contributed by atoms with E-state index in [1.54, 1.807) is 24.3 Å². The van der Waals surface area contributed by atoms with Crippen molar-refractivity contribution in [2.75, 3.05) is 22.4 Å². The number of halogens is 1. The van der Waals surface area contributed by atoms with E-state index < -0.39 is 28.3 Å². The van der Waals surface area contributed by atoms with Gasteiger partial charge >= 0.3 is 0 Å². The molecule has 2 rings (SSSR count). The molecule has 1 atom stereocenters. The number of amides is 2. The van der Waals surface area contributed by atoms with E-state index in [-0.39, 0.29) is 28.9 Å². The Morgan fingerprint density at radius 3 is 2.45 bits per heavy atom. The van der Waals surface area contributed by atoms with Crippen molar-refractivity contribution < 1.29 is 22.4 Å². The van der Waals surface area contributed by atoms with Gasteiger partial charge in [0.2, 0.25) is 15.9 Å². The molecule has 9 heteroatoms. The van der Waals surface area contributed by atoms with E-state index in [9.17, 15) is 22.4 Å². The molecular formula is C20H24FN3O4S. The molecule has 0 unspecified atom stereocenters. The van der Waals surface area contributed by atoms with Crippen molar-refractivity contribution in [3.05, 3.63) is 59.9 Å². The minimum absolute atomic E-state index is 0.0328. The fraction of sp³-hybridized carbons (Fsp3) is 0.300. The molecule has 0 fully saturated rings. The second-order valence-electron chi connectivity index (χ2n) is 6.63. The fourth-order valence-electron chi connectivity index (χ4n) is 2.55. The Bertz CT molecular complexity index is 995. The summed E-state index contributed by atoms with van der Waals surface area (Å²) < 4.78 is 38.5. The highest BCUT2D eigenvalue weighted by molar-refractivity contribution is 7.92. The smallest absolute Gasteiger partial charge is 0.253 e. The minimum Gasteiger partial charge on any atom is -0.350 e. The third-order valence-corrected chi connectivity index (χ3v) is 5.36. The molecule has 2 aromatic carbocycles. The Labute approximate surface area is 170 Å². The van der Waals surface area contributed by atoms with Crippen molar-refractivity contribution in [2.24, 2.45) is 0 Å². The van der Waals surface area contributed by atoms with E-state index in [0.717, 1.165) is 23.0 Å². The molecule has 7 nitrogen and oxygen atoms in total. The van der Waals surface area contributed by atoms with Gasteiger partial charge < -0.3 is 10.6 Å². The van der Waals surface area contributed by atoms with Crippen LogP contribution in [0.5, 0.6) is 0 Å². The number of hydrogen-bond acceptors (Lipinski definition) is 4. The Morgan fingerprint density at radius 2 is 1.83 bits per heavy atom. The molecule has 2 aromatic rings. The van der Waals surface area contributed by atoms with E-state index in [1.165, 1.54) is 18.2 Å². The van der Waals surface area contributed by atoms with Gasteiger partial charge in [0.15, 0.2) is 0 Å². The summed E-state index contributed by atoms with van der Waals surface area (Å²) in [5.74, 6) is -1.63. The summed E-state index contributed by atoms with van der Waals surface area (Å²) in [5, 5.41) is 5.39. The zero-order chi connectivity index (χ0) is 21.6. The lowest BCUT2D eigenvalue weighted by Gasteiger charge is -2.22. The number of rotatable bonds is 8.